The average molecular weight is 217 g/mol. The van der Waals surface area contributed by atoms with Gasteiger partial charge in [-0.25, -0.2) is 0 Å². The standard InChI is InChI=1S/C9H12N2O2.ClH/c12-6-8-2-1-3-9(8,5-10-4-8)7(13)11-6;/h10H,1-5H2,(H,11,12,13);1H. The van der Waals surface area contributed by atoms with Crippen molar-refractivity contribution in [2.24, 2.45) is 10.8 Å². The lowest BCUT2D eigenvalue weighted by Gasteiger charge is -2.26. The van der Waals surface area contributed by atoms with Gasteiger partial charge < -0.3 is 5.32 Å². The number of hydrogen-bond donors (Lipinski definition) is 2. The van der Waals surface area contributed by atoms with Gasteiger partial charge in [0.2, 0.25) is 11.8 Å². The highest BCUT2D eigenvalue weighted by molar-refractivity contribution is 6.11. The van der Waals surface area contributed by atoms with Gasteiger partial charge in [-0.2, -0.15) is 0 Å². The van der Waals surface area contributed by atoms with Gasteiger partial charge in [-0.05, 0) is 12.8 Å². The first-order chi connectivity index (χ1) is 6.21. The minimum atomic E-state index is -0.385. The van der Waals surface area contributed by atoms with Crippen molar-refractivity contribution in [2.45, 2.75) is 19.3 Å². The van der Waals surface area contributed by atoms with E-state index in [1.54, 1.807) is 0 Å². The molecule has 0 bridgehead atoms. The number of rotatable bonds is 0. The van der Waals surface area contributed by atoms with E-state index in [0.717, 1.165) is 19.3 Å². The summed E-state index contributed by atoms with van der Waals surface area (Å²) in [6, 6.07) is 0. The first-order valence-corrected chi connectivity index (χ1v) is 4.78. The van der Waals surface area contributed by atoms with Crippen LogP contribution in [0.5, 0.6) is 0 Å². The molecule has 2 N–H and O–H groups in total. The molecule has 3 rings (SSSR count). The fourth-order valence-corrected chi connectivity index (χ4v) is 3.34. The molecular formula is C9H13ClN2O2. The van der Waals surface area contributed by atoms with Gasteiger partial charge in [-0.1, -0.05) is 6.42 Å². The minimum absolute atomic E-state index is 0. The number of halogens is 1. The molecule has 4 nitrogen and oxygen atoms in total. The zero-order valence-electron chi connectivity index (χ0n) is 7.76. The highest BCUT2D eigenvalue weighted by Crippen LogP contribution is 2.58. The Labute approximate surface area is 88.2 Å². The summed E-state index contributed by atoms with van der Waals surface area (Å²) in [6.45, 7) is 1.37. The number of carbonyl (C=O) groups is 2. The Hall–Kier alpha value is -0.610. The van der Waals surface area contributed by atoms with Gasteiger partial charge in [0.25, 0.3) is 0 Å². The van der Waals surface area contributed by atoms with Crippen molar-refractivity contribution in [1.29, 1.82) is 0 Å². The summed E-state index contributed by atoms with van der Waals surface area (Å²) in [5.74, 6) is -0.0833. The molecule has 3 aliphatic rings. The molecule has 0 spiro atoms. The minimum Gasteiger partial charge on any atom is -0.315 e. The summed E-state index contributed by atoms with van der Waals surface area (Å²) in [5, 5.41) is 5.67. The maximum absolute atomic E-state index is 11.7. The third kappa shape index (κ3) is 0.754. The molecular weight excluding hydrogens is 204 g/mol. The van der Waals surface area contributed by atoms with E-state index in [4.69, 9.17) is 0 Å². The molecule has 1 aliphatic carbocycles. The third-order valence-electron chi connectivity index (χ3n) is 4.07. The third-order valence-corrected chi connectivity index (χ3v) is 4.07. The highest BCUT2D eigenvalue weighted by atomic mass is 35.5. The van der Waals surface area contributed by atoms with E-state index in [2.05, 4.69) is 10.6 Å². The molecule has 2 saturated heterocycles. The topological polar surface area (TPSA) is 58.2 Å². The fourth-order valence-electron chi connectivity index (χ4n) is 3.34. The molecule has 0 aromatic rings. The number of imide groups is 1. The zero-order valence-corrected chi connectivity index (χ0v) is 8.58. The van der Waals surface area contributed by atoms with Crippen LogP contribution in [0.2, 0.25) is 0 Å². The van der Waals surface area contributed by atoms with Gasteiger partial charge in [0.05, 0.1) is 10.8 Å². The van der Waals surface area contributed by atoms with E-state index < -0.39 is 0 Å². The summed E-state index contributed by atoms with van der Waals surface area (Å²) in [7, 11) is 0. The summed E-state index contributed by atoms with van der Waals surface area (Å²) >= 11 is 0. The Morgan fingerprint density at radius 3 is 2.00 bits per heavy atom. The van der Waals surface area contributed by atoms with Crippen LogP contribution in [0.1, 0.15) is 19.3 Å². The van der Waals surface area contributed by atoms with E-state index in [0.29, 0.717) is 13.1 Å². The second-order valence-corrected chi connectivity index (χ2v) is 4.40. The number of amides is 2. The van der Waals surface area contributed by atoms with Crippen molar-refractivity contribution in [1.82, 2.24) is 10.6 Å². The molecule has 0 aromatic carbocycles. The molecule has 2 aliphatic heterocycles. The Morgan fingerprint density at radius 1 is 1.00 bits per heavy atom. The molecule has 2 amide bonds. The number of carbonyl (C=O) groups excluding carboxylic acids is 2. The summed E-state index contributed by atoms with van der Waals surface area (Å²) < 4.78 is 0. The molecule has 0 radical (unpaired) electrons. The summed E-state index contributed by atoms with van der Waals surface area (Å²) in [5.41, 5.74) is -0.770. The Bertz CT molecular complexity index is 278. The smallest absolute Gasteiger partial charge is 0.235 e. The van der Waals surface area contributed by atoms with Crippen molar-refractivity contribution >= 4 is 24.2 Å². The lowest BCUT2D eigenvalue weighted by Crippen LogP contribution is -2.38. The van der Waals surface area contributed by atoms with E-state index in [1.807, 2.05) is 0 Å². The monoisotopic (exact) mass is 216 g/mol. The molecule has 0 aromatic heterocycles. The van der Waals surface area contributed by atoms with Gasteiger partial charge in [0.1, 0.15) is 0 Å². The summed E-state index contributed by atoms with van der Waals surface area (Å²) in [4.78, 5) is 23.4. The van der Waals surface area contributed by atoms with Crippen molar-refractivity contribution in [2.75, 3.05) is 13.1 Å². The molecule has 5 heteroatoms. The van der Waals surface area contributed by atoms with Crippen LogP contribution in [-0.2, 0) is 9.59 Å². The van der Waals surface area contributed by atoms with Gasteiger partial charge in [0.15, 0.2) is 0 Å². The van der Waals surface area contributed by atoms with Crippen molar-refractivity contribution < 1.29 is 9.59 Å². The van der Waals surface area contributed by atoms with E-state index in [9.17, 15) is 9.59 Å². The number of hydrogen-bond acceptors (Lipinski definition) is 3. The predicted octanol–water partition coefficient (Wildman–Crippen LogP) is -0.176. The van der Waals surface area contributed by atoms with Crippen LogP contribution >= 0.6 is 12.4 Å². The van der Waals surface area contributed by atoms with Gasteiger partial charge in [0, 0.05) is 13.1 Å². The van der Waals surface area contributed by atoms with E-state index in [1.165, 1.54) is 0 Å². The van der Waals surface area contributed by atoms with Crippen molar-refractivity contribution in [3.05, 3.63) is 0 Å². The average Bonchev–Trinajstić information content (AvgIpc) is 2.61. The molecule has 2 heterocycles. The van der Waals surface area contributed by atoms with E-state index >= 15 is 0 Å². The van der Waals surface area contributed by atoms with Crippen LogP contribution in [0.25, 0.3) is 0 Å². The Kier molecular flexibility index (Phi) is 1.92. The van der Waals surface area contributed by atoms with Gasteiger partial charge >= 0.3 is 0 Å². The van der Waals surface area contributed by atoms with Crippen LogP contribution in [-0.4, -0.2) is 24.9 Å². The quantitative estimate of drug-likeness (QED) is 0.553. The lowest BCUT2D eigenvalue weighted by molar-refractivity contribution is -0.128. The maximum Gasteiger partial charge on any atom is 0.235 e. The van der Waals surface area contributed by atoms with Crippen LogP contribution < -0.4 is 10.6 Å². The number of nitrogens with one attached hydrogen (secondary N) is 2. The first kappa shape index (κ1) is 9.93. The van der Waals surface area contributed by atoms with Crippen molar-refractivity contribution in [3.63, 3.8) is 0 Å². The second-order valence-electron chi connectivity index (χ2n) is 4.40. The Morgan fingerprint density at radius 2 is 1.50 bits per heavy atom. The first-order valence-electron chi connectivity index (χ1n) is 4.78. The van der Waals surface area contributed by atoms with Crippen LogP contribution in [0.15, 0.2) is 0 Å². The van der Waals surface area contributed by atoms with Crippen molar-refractivity contribution in [3.8, 4) is 0 Å². The molecule has 2 unspecified atom stereocenters. The second kappa shape index (κ2) is 2.70. The highest BCUT2D eigenvalue weighted by Gasteiger charge is 2.70. The normalized spacial score (nSPS) is 44.3. The fraction of sp³-hybridized carbons (Fsp3) is 0.778. The molecule has 2 atom stereocenters. The maximum atomic E-state index is 11.7. The molecule has 78 valence electrons. The van der Waals surface area contributed by atoms with Crippen LogP contribution in [0, 0.1) is 10.8 Å². The van der Waals surface area contributed by atoms with Gasteiger partial charge in [-0.3, -0.25) is 14.9 Å². The largest absolute Gasteiger partial charge is 0.315 e. The molecule has 14 heavy (non-hydrogen) atoms. The summed E-state index contributed by atoms with van der Waals surface area (Å²) in [6.07, 6.45) is 2.76. The van der Waals surface area contributed by atoms with E-state index in [-0.39, 0.29) is 35.1 Å². The van der Waals surface area contributed by atoms with Crippen LogP contribution in [0.3, 0.4) is 0 Å². The lowest BCUT2D eigenvalue weighted by atomic mass is 9.70. The molecule has 3 fully saturated rings. The SMILES string of the molecule is Cl.O=C1NC(=O)C23CCCC12CNC3. The van der Waals surface area contributed by atoms with Gasteiger partial charge in [-0.15, -0.1) is 12.4 Å². The Balaban J connectivity index is 0.000000750. The molecule has 1 saturated carbocycles. The predicted molar refractivity (Wildman–Crippen MR) is 52.0 cm³/mol. The van der Waals surface area contributed by atoms with Crippen LogP contribution in [0.4, 0.5) is 0 Å². The zero-order chi connectivity index (χ0) is 9.10.